The minimum atomic E-state index is -0.481. The summed E-state index contributed by atoms with van der Waals surface area (Å²) in [6, 6.07) is 15.2. The zero-order valence-corrected chi connectivity index (χ0v) is 16.6. The van der Waals surface area contributed by atoms with Crippen LogP contribution >= 0.6 is 23.2 Å². The lowest BCUT2D eigenvalue weighted by Crippen LogP contribution is -2.29. The number of amides is 1. The Labute approximate surface area is 172 Å². The van der Waals surface area contributed by atoms with Gasteiger partial charge in [0.15, 0.2) is 0 Å². The first-order chi connectivity index (χ1) is 13.5. The molecule has 0 bridgehead atoms. The van der Waals surface area contributed by atoms with Gasteiger partial charge in [0.2, 0.25) is 0 Å². The van der Waals surface area contributed by atoms with E-state index in [1.165, 1.54) is 10.6 Å². The molecule has 1 N–H and O–H groups in total. The first-order valence-corrected chi connectivity index (χ1v) is 9.41. The maximum absolute atomic E-state index is 12.7. The van der Waals surface area contributed by atoms with E-state index in [9.17, 15) is 9.59 Å². The highest BCUT2D eigenvalue weighted by atomic mass is 35.5. The second-order valence-corrected chi connectivity index (χ2v) is 6.85. The van der Waals surface area contributed by atoms with Crippen molar-refractivity contribution in [3.63, 3.8) is 0 Å². The molecule has 0 aliphatic heterocycles. The van der Waals surface area contributed by atoms with Gasteiger partial charge < -0.3 is 14.6 Å². The molecule has 0 radical (unpaired) electrons. The van der Waals surface area contributed by atoms with Gasteiger partial charge in [-0.3, -0.25) is 9.59 Å². The van der Waals surface area contributed by atoms with E-state index in [-0.39, 0.29) is 12.1 Å². The molecule has 5 nitrogen and oxygen atoms in total. The lowest BCUT2D eigenvalue weighted by molar-refractivity contribution is 0.102. The number of carbonyl (C=O) groups is 1. The van der Waals surface area contributed by atoms with Crippen LogP contribution in [-0.4, -0.2) is 17.1 Å². The summed E-state index contributed by atoms with van der Waals surface area (Å²) in [4.78, 5) is 25.3. The molecule has 3 aromatic rings. The molecule has 0 aliphatic rings. The van der Waals surface area contributed by atoms with Crippen molar-refractivity contribution in [1.29, 1.82) is 0 Å². The number of benzene rings is 2. The quantitative estimate of drug-likeness (QED) is 0.624. The van der Waals surface area contributed by atoms with E-state index in [4.69, 9.17) is 27.9 Å². The Morgan fingerprint density at radius 3 is 2.54 bits per heavy atom. The van der Waals surface area contributed by atoms with Crippen LogP contribution in [0.1, 0.15) is 22.8 Å². The largest absolute Gasteiger partial charge is 0.494 e. The van der Waals surface area contributed by atoms with E-state index in [0.29, 0.717) is 28.1 Å². The zero-order valence-electron chi connectivity index (χ0n) is 15.1. The van der Waals surface area contributed by atoms with Crippen LogP contribution in [0.25, 0.3) is 0 Å². The molecule has 0 saturated heterocycles. The minimum absolute atomic E-state index is 0.0430. The molecule has 1 amide bonds. The van der Waals surface area contributed by atoms with E-state index in [2.05, 4.69) is 5.32 Å². The highest BCUT2D eigenvalue weighted by molar-refractivity contribution is 6.35. The van der Waals surface area contributed by atoms with E-state index in [0.717, 1.165) is 5.56 Å². The smallest absolute Gasteiger partial charge is 0.263 e. The van der Waals surface area contributed by atoms with Gasteiger partial charge in [0.05, 0.1) is 13.2 Å². The van der Waals surface area contributed by atoms with Gasteiger partial charge in [-0.1, -0.05) is 29.3 Å². The number of pyridine rings is 1. The summed E-state index contributed by atoms with van der Waals surface area (Å²) in [6.07, 6.45) is 1.61. The number of carbonyl (C=O) groups excluding carboxylic acids is 1. The Hall–Kier alpha value is -2.76. The van der Waals surface area contributed by atoms with Gasteiger partial charge in [-0.15, -0.1) is 0 Å². The molecule has 0 fully saturated rings. The van der Waals surface area contributed by atoms with Crippen LogP contribution in [-0.2, 0) is 6.54 Å². The number of rotatable bonds is 6. The van der Waals surface area contributed by atoms with Crippen LogP contribution in [0.2, 0.25) is 10.0 Å². The number of halogens is 2. The second-order valence-electron chi connectivity index (χ2n) is 6.00. The maximum Gasteiger partial charge on any atom is 0.263 e. The Kier molecular flexibility index (Phi) is 6.39. The summed E-state index contributed by atoms with van der Waals surface area (Å²) in [7, 11) is 0. The first-order valence-electron chi connectivity index (χ1n) is 8.65. The molecule has 3 rings (SSSR count). The average molecular weight is 417 g/mol. The maximum atomic E-state index is 12.7. The van der Waals surface area contributed by atoms with E-state index >= 15 is 0 Å². The molecule has 0 saturated carbocycles. The monoisotopic (exact) mass is 416 g/mol. The number of nitrogens with zero attached hydrogens (tertiary/aromatic N) is 1. The topological polar surface area (TPSA) is 60.3 Å². The molecular formula is C21H18Cl2N2O3. The predicted molar refractivity (Wildman–Crippen MR) is 112 cm³/mol. The number of aromatic nitrogens is 1. The Bertz CT molecular complexity index is 1050. The summed E-state index contributed by atoms with van der Waals surface area (Å²) in [5.41, 5.74) is 0.944. The molecule has 0 unspecified atom stereocenters. The molecule has 1 aromatic heterocycles. The molecule has 0 spiro atoms. The number of hydrogen-bond donors (Lipinski definition) is 1. The van der Waals surface area contributed by atoms with Crippen molar-refractivity contribution in [3.8, 4) is 5.75 Å². The van der Waals surface area contributed by atoms with Crippen molar-refractivity contribution in [2.45, 2.75) is 13.5 Å². The molecule has 144 valence electrons. The second kappa shape index (κ2) is 8.95. The van der Waals surface area contributed by atoms with E-state index in [1.54, 1.807) is 54.7 Å². The third-order valence-electron chi connectivity index (χ3n) is 4.04. The summed E-state index contributed by atoms with van der Waals surface area (Å²) < 4.78 is 6.81. The Balaban J connectivity index is 1.79. The highest BCUT2D eigenvalue weighted by Crippen LogP contribution is 2.21. The number of nitrogens with one attached hydrogen (secondary N) is 1. The zero-order chi connectivity index (χ0) is 20.1. The normalized spacial score (nSPS) is 10.5. The van der Waals surface area contributed by atoms with Crippen molar-refractivity contribution in [2.24, 2.45) is 0 Å². The Morgan fingerprint density at radius 1 is 1.11 bits per heavy atom. The van der Waals surface area contributed by atoms with Gasteiger partial charge in [0.1, 0.15) is 11.3 Å². The average Bonchev–Trinajstić information content (AvgIpc) is 2.67. The van der Waals surface area contributed by atoms with Crippen LogP contribution in [0.15, 0.2) is 65.6 Å². The third-order valence-corrected chi connectivity index (χ3v) is 4.63. The molecular weight excluding hydrogens is 399 g/mol. The summed E-state index contributed by atoms with van der Waals surface area (Å²) in [6.45, 7) is 2.69. The lowest BCUT2D eigenvalue weighted by atomic mass is 10.2. The van der Waals surface area contributed by atoms with Crippen molar-refractivity contribution in [2.75, 3.05) is 11.9 Å². The molecule has 0 atom stereocenters. The molecule has 2 aromatic carbocycles. The fraction of sp³-hybridized carbons (Fsp3) is 0.143. The molecule has 7 heteroatoms. The van der Waals surface area contributed by atoms with E-state index in [1.807, 2.05) is 6.92 Å². The third kappa shape index (κ3) is 4.74. The number of ether oxygens (including phenoxy) is 1. The van der Waals surface area contributed by atoms with Gasteiger partial charge in [-0.05, 0) is 61.0 Å². The lowest BCUT2D eigenvalue weighted by Gasteiger charge is -2.10. The number of anilines is 1. The van der Waals surface area contributed by atoms with Crippen LogP contribution < -0.4 is 15.6 Å². The fourth-order valence-electron chi connectivity index (χ4n) is 2.67. The summed E-state index contributed by atoms with van der Waals surface area (Å²) in [5.74, 6) is 0.230. The summed E-state index contributed by atoms with van der Waals surface area (Å²) >= 11 is 12.1. The van der Waals surface area contributed by atoms with Gasteiger partial charge in [0, 0.05) is 21.9 Å². The molecule has 0 aliphatic carbocycles. The fourth-order valence-corrected chi connectivity index (χ4v) is 3.14. The van der Waals surface area contributed by atoms with Crippen LogP contribution in [0, 0.1) is 0 Å². The van der Waals surface area contributed by atoms with Gasteiger partial charge in [0.25, 0.3) is 11.5 Å². The SMILES string of the molecule is CCOc1ccc(NC(=O)c2cccn(Cc3ccc(Cl)cc3Cl)c2=O)cc1. The van der Waals surface area contributed by atoms with Crippen molar-refractivity contribution in [1.82, 2.24) is 4.57 Å². The molecule has 28 heavy (non-hydrogen) atoms. The highest BCUT2D eigenvalue weighted by Gasteiger charge is 2.13. The van der Waals surface area contributed by atoms with Gasteiger partial charge in [-0.2, -0.15) is 0 Å². The van der Waals surface area contributed by atoms with Crippen LogP contribution in [0.3, 0.4) is 0 Å². The summed E-state index contributed by atoms with van der Waals surface area (Å²) in [5, 5.41) is 3.71. The predicted octanol–water partition coefficient (Wildman–Crippen LogP) is 4.85. The number of hydrogen-bond acceptors (Lipinski definition) is 3. The van der Waals surface area contributed by atoms with E-state index < -0.39 is 11.5 Å². The van der Waals surface area contributed by atoms with Crippen molar-refractivity contribution >= 4 is 34.8 Å². The van der Waals surface area contributed by atoms with Crippen LogP contribution in [0.5, 0.6) is 5.75 Å². The first kappa shape index (κ1) is 20.0. The van der Waals surface area contributed by atoms with Gasteiger partial charge in [-0.25, -0.2) is 0 Å². The van der Waals surface area contributed by atoms with Gasteiger partial charge >= 0.3 is 0 Å². The van der Waals surface area contributed by atoms with Crippen LogP contribution in [0.4, 0.5) is 5.69 Å². The van der Waals surface area contributed by atoms with Crippen molar-refractivity contribution < 1.29 is 9.53 Å². The Morgan fingerprint density at radius 2 is 1.86 bits per heavy atom. The standard InChI is InChI=1S/C21H18Cl2N2O3/c1-2-28-17-9-7-16(8-10-17)24-20(26)18-4-3-11-25(21(18)27)13-14-5-6-15(22)12-19(14)23/h3-12H,2,13H2,1H3,(H,24,26). The molecule has 1 heterocycles. The minimum Gasteiger partial charge on any atom is -0.494 e. The van der Waals surface area contributed by atoms with Crippen molar-refractivity contribution in [3.05, 3.63) is 92.3 Å².